The van der Waals surface area contributed by atoms with Crippen LogP contribution in [0.2, 0.25) is 0 Å². The van der Waals surface area contributed by atoms with Gasteiger partial charge < -0.3 is 4.74 Å². The molecule has 0 bridgehead atoms. The molecular weight excluding hydrogens is 556 g/mol. The van der Waals surface area contributed by atoms with E-state index in [0.717, 1.165) is 33.8 Å². The molecule has 0 N–H and O–H groups in total. The summed E-state index contributed by atoms with van der Waals surface area (Å²) >= 11 is 0.0803. The third-order valence-electron chi connectivity index (χ3n) is 7.00. The Balaban J connectivity index is 0.000000273. The van der Waals surface area contributed by atoms with Gasteiger partial charge in [0.15, 0.2) is 0 Å². The van der Waals surface area contributed by atoms with Crippen LogP contribution in [0.3, 0.4) is 0 Å². The summed E-state index contributed by atoms with van der Waals surface area (Å²) in [6.07, 6.45) is 10.3. The molecule has 0 aliphatic heterocycles. The predicted molar refractivity (Wildman–Crippen MR) is 184 cm³/mol. The van der Waals surface area contributed by atoms with Crippen molar-refractivity contribution in [2.75, 3.05) is 0 Å². The Hall–Kier alpha value is -3.78. The summed E-state index contributed by atoms with van der Waals surface area (Å²) in [5, 5.41) is 0. The van der Waals surface area contributed by atoms with Crippen LogP contribution in [0.5, 0.6) is 5.75 Å². The Morgan fingerprint density at radius 1 is 0.721 bits per heavy atom. The third kappa shape index (κ3) is 10.2. The molecule has 0 heterocycles. The minimum atomic E-state index is 0.0803. The van der Waals surface area contributed by atoms with E-state index in [-0.39, 0.29) is 18.7 Å². The van der Waals surface area contributed by atoms with Gasteiger partial charge in [0, 0.05) is 11.1 Å². The van der Waals surface area contributed by atoms with Crippen molar-refractivity contribution in [2.45, 2.75) is 48.0 Å². The van der Waals surface area contributed by atoms with Gasteiger partial charge in [-0.3, -0.25) is 0 Å². The van der Waals surface area contributed by atoms with Gasteiger partial charge in [-0.25, -0.2) is 0 Å². The van der Waals surface area contributed by atoms with E-state index < -0.39 is 0 Å². The average molecular weight is 600 g/mol. The molecule has 43 heavy (non-hydrogen) atoms. The molecule has 0 atom stereocenters. The largest absolute Gasteiger partial charge is 0.456 e. The number of rotatable bonds is 7. The molecule has 0 aromatic heterocycles. The second-order valence-corrected chi connectivity index (χ2v) is 15.0. The maximum atomic E-state index is 6.45. The summed E-state index contributed by atoms with van der Waals surface area (Å²) in [7, 11) is 0. The van der Waals surface area contributed by atoms with Crippen molar-refractivity contribution in [3.8, 4) is 5.75 Å². The van der Waals surface area contributed by atoms with Crippen LogP contribution in [0.25, 0.3) is 17.4 Å². The molecule has 5 rings (SSSR count). The maximum Gasteiger partial charge on any atom is 0.142 e. The van der Waals surface area contributed by atoms with E-state index in [9.17, 15) is 0 Å². The van der Waals surface area contributed by atoms with E-state index in [4.69, 9.17) is 4.74 Å². The molecule has 0 unspecified atom stereocenters. The Bertz CT molecular complexity index is 1610. The number of allylic oxidation sites excluding steroid dienone is 6. The van der Waals surface area contributed by atoms with Gasteiger partial charge in [0.05, 0.1) is 0 Å². The van der Waals surface area contributed by atoms with Gasteiger partial charge in [-0.2, -0.15) is 0 Å². The molecule has 1 aliphatic rings. The molecule has 0 saturated carbocycles. The Labute approximate surface area is 267 Å². The number of ether oxygens (including phenoxy) is 1. The van der Waals surface area contributed by atoms with Gasteiger partial charge in [0.1, 0.15) is 11.5 Å². The van der Waals surface area contributed by atoms with Crippen LogP contribution in [-0.4, -0.2) is 3.81 Å². The maximum absolute atomic E-state index is 6.45. The van der Waals surface area contributed by atoms with Crippen molar-refractivity contribution in [1.82, 2.24) is 0 Å². The van der Waals surface area contributed by atoms with Crippen molar-refractivity contribution in [1.29, 1.82) is 0 Å². The van der Waals surface area contributed by atoms with Crippen LogP contribution in [-0.2, 0) is 18.7 Å². The predicted octanol–water partition coefficient (Wildman–Crippen LogP) is 11.2. The van der Waals surface area contributed by atoms with Gasteiger partial charge >= 0.3 is 90.6 Å². The van der Waals surface area contributed by atoms with E-state index in [1.54, 1.807) is 7.69 Å². The van der Waals surface area contributed by atoms with Crippen molar-refractivity contribution >= 4 is 21.2 Å². The van der Waals surface area contributed by atoms with Crippen molar-refractivity contribution in [2.24, 2.45) is 5.41 Å². The quantitative estimate of drug-likeness (QED) is 0.0889. The van der Waals surface area contributed by atoms with Gasteiger partial charge in [-0.05, 0) is 30.2 Å². The molecule has 4 aromatic rings. The molecule has 0 fully saturated rings. The topological polar surface area (TPSA) is 9.23 Å². The Kier molecular flexibility index (Phi) is 11.7. The van der Waals surface area contributed by atoms with Crippen molar-refractivity contribution in [3.63, 3.8) is 0 Å². The number of aryl methyl sites for hydroxylation is 1. The van der Waals surface area contributed by atoms with Crippen LogP contribution in [0.15, 0.2) is 143 Å². The number of para-hydroxylation sites is 1. The average Bonchev–Trinajstić information content (AvgIpc) is 3.48. The van der Waals surface area contributed by atoms with Crippen LogP contribution in [0.1, 0.15) is 63.3 Å². The van der Waals surface area contributed by atoms with Gasteiger partial charge in [0.2, 0.25) is 0 Å². The smallest absolute Gasteiger partial charge is 0.142 e. The van der Waals surface area contributed by atoms with Gasteiger partial charge in [-0.1, -0.05) is 121 Å². The Morgan fingerprint density at radius 2 is 1.28 bits per heavy atom. The molecule has 2 heteroatoms. The first-order valence-electron chi connectivity index (χ1n) is 15.0. The van der Waals surface area contributed by atoms with E-state index in [1.807, 2.05) is 54.6 Å². The van der Waals surface area contributed by atoms with Gasteiger partial charge in [-0.15, -0.1) is 0 Å². The van der Waals surface area contributed by atoms with Crippen molar-refractivity contribution in [3.05, 3.63) is 165 Å². The first-order valence-corrected chi connectivity index (χ1v) is 16.6. The first kappa shape index (κ1) is 32.1. The van der Waals surface area contributed by atoms with E-state index in [0.29, 0.717) is 5.41 Å². The summed E-state index contributed by atoms with van der Waals surface area (Å²) < 4.78 is 9.79. The zero-order valence-corrected chi connectivity index (χ0v) is 28.0. The normalized spacial score (nSPS) is 13.3. The van der Waals surface area contributed by atoms with Crippen molar-refractivity contribution < 1.29 is 23.4 Å². The number of hydrogen-bond acceptors (Lipinski definition) is 1. The monoisotopic (exact) mass is 599 g/mol. The fourth-order valence-corrected chi connectivity index (χ4v) is 6.38. The van der Waals surface area contributed by atoms with Gasteiger partial charge in [0.25, 0.3) is 0 Å². The fraction of sp³-hybridized carbons (Fsp3) is 0.195. The summed E-state index contributed by atoms with van der Waals surface area (Å²) in [4.78, 5) is 0. The third-order valence-corrected chi connectivity index (χ3v) is 8.82. The number of hydrogen-bond donors (Lipinski definition) is 0. The number of benzene rings is 4. The molecule has 4 aromatic carbocycles. The molecule has 0 saturated heterocycles. The summed E-state index contributed by atoms with van der Waals surface area (Å²) in [5.41, 5.74) is 7.46. The van der Waals surface area contributed by atoms with E-state index in [2.05, 4.69) is 127 Å². The first-order chi connectivity index (χ1) is 20.7. The summed E-state index contributed by atoms with van der Waals surface area (Å²) in [6, 6.07) is 39.1. The van der Waals surface area contributed by atoms with Crippen LogP contribution in [0.4, 0.5) is 0 Å². The van der Waals surface area contributed by atoms with E-state index >= 15 is 0 Å². The minimum absolute atomic E-state index is 0.0803. The molecule has 0 radical (unpaired) electrons. The van der Waals surface area contributed by atoms with Crippen LogP contribution >= 0.6 is 0 Å². The molecule has 217 valence electrons. The van der Waals surface area contributed by atoms with Crippen LogP contribution in [0, 0.1) is 12.3 Å². The second kappa shape index (κ2) is 15.6. The molecule has 0 spiro atoms. The molecule has 1 nitrogen and oxygen atoms in total. The molecule has 0 amide bonds. The standard InChI is InChI=1S/C29H24O.C9H13.C3H6.Ti/c1-23-17-19-24(20-18-23)21-22-28(25-11-5-2-6-12-25)29(26-13-7-3-8-14-26)30-27-15-9-4-10-16-27;1-9(2,3)8-6-4-5-7-8;1-3-2;/h2-22H,1H3;6-7H,4H2,1-3H3;1-2H3;. The zero-order chi connectivity index (χ0) is 30.7. The van der Waals surface area contributed by atoms with E-state index in [1.165, 1.54) is 17.6 Å². The molecule has 1 aliphatic carbocycles. The minimum Gasteiger partial charge on any atom is -0.456 e. The summed E-state index contributed by atoms with van der Waals surface area (Å²) in [5.74, 6) is 1.64. The summed E-state index contributed by atoms with van der Waals surface area (Å²) in [6.45, 7) is 13.5. The SMILES string of the molecule is C[C](C)=[Ti][C]1=CC(C(C)(C)C)=CC1.Cc1ccc(C=CC(=C(Oc2ccccc2)c2ccccc2)c2ccccc2)cc1. The molecular formula is C41H43OTi. The fourth-order valence-electron chi connectivity index (χ4n) is 4.70. The Morgan fingerprint density at radius 3 is 1.81 bits per heavy atom. The zero-order valence-electron chi connectivity index (χ0n) is 26.4. The van der Waals surface area contributed by atoms with Crippen LogP contribution < -0.4 is 4.74 Å². The second-order valence-electron chi connectivity index (χ2n) is 12.0.